The number of carboxylic acids is 1. The Labute approximate surface area is 115 Å². The van der Waals surface area contributed by atoms with Gasteiger partial charge in [-0.2, -0.15) is 0 Å². The molecule has 6 heteroatoms. The van der Waals surface area contributed by atoms with Crippen LogP contribution in [-0.4, -0.2) is 27.7 Å². The molecule has 0 aliphatic carbocycles. The minimum atomic E-state index is -0.985. The summed E-state index contributed by atoms with van der Waals surface area (Å²) >= 11 is 1.56. The summed E-state index contributed by atoms with van der Waals surface area (Å²) < 4.78 is 6.95. The number of aryl methyl sites for hydroxylation is 1. The van der Waals surface area contributed by atoms with E-state index in [9.17, 15) is 4.79 Å². The number of aromatic carboxylic acids is 1. The van der Waals surface area contributed by atoms with E-state index in [-0.39, 0.29) is 5.56 Å². The van der Waals surface area contributed by atoms with Crippen molar-refractivity contribution in [2.24, 2.45) is 7.05 Å². The van der Waals surface area contributed by atoms with E-state index < -0.39 is 5.97 Å². The van der Waals surface area contributed by atoms with Crippen molar-refractivity contribution in [3.05, 3.63) is 41.7 Å². The Morgan fingerprint density at radius 1 is 1.53 bits per heavy atom. The number of carboxylic acid groups (broad SMARTS) is 1. The molecule has 0 radical (unpaired) electrons. The fourth-order valence-electron chi connectivity index (χ4n) is 1.65. The van der Waals surface area contributed by atoms with E-state index in [1.807, 2.05) is 23.9 Å². The maximum atomic E-state index is 11.1. The van der Waals surface area contributed by atoms with E-state index in [2.05, 4.69) is 4.98 Å². The Kier molecular flexibility index (Phi) is 4.11. The Bertz CT molecular complexity index is 595. The van der Waals surface area contributed by atoms with Crippen molar-refractivity contribution in [1.29, 1.82) is 0 Å². The third-order valence-electron chi connectivity index (χ3n) is 2.64. The van der Waals surface area contributed by atoms with Crippen molar-refractivity contribution >= 4 is 17.7 Å². The molecule has 1 aromatic heterocycles. The Morgan fingerprint density at radius 3 is 2.89 bits per heavy atom. The van der Waals surface area contributed by atoms with Crippen molar-refractivity contribution < 1.29 is 14.6 Å². The van der Waals surface area contributed by atoms with Gasteiger partial charge in [0.25, 0.3) is 0 Å². The van der Waals surface area contributed by atoms with Crippen molar-refractivity contribution in [2.75, 3.05) is 7.11 Å². The van der Waals surface area contributed by atoms with Gasteiger partial charge in [0.1, 0.15) is 11.3 Å². The highest BCUT2D eigenvalue weighted by Gasteiger charge is 2.12. The number of thioether (sulfide) groups is 1. The molecule has 0 saturated heterocycles. The predicted octanol–water partition coefficient (Wildman–Crippen LogP) is 2.42. The van der Waals surface area contributed by atoms with Crippen LogP contribution in [0.15, 0.2) is 35.7 Å². The molecule has 0 amide bonds. The number of aromatic nitrogens is 2. The van der Waals surface area contributed by atoms with Crippen LogP contribution in [-0.2, 0) is 12.8 Å². The second kappa shape index (κ2) is 5.79. The number of imidazole rings is 1. The summed E-state index contributed by atoms with van der Waals surface area (Å²) in [6, 6.07) is 5.18. The first kappa shape index (κ1) is 13.5. The summed E-state index contributed by atoms with van der Waals surface area (Å²) in [7, 11) is 3.39. The minimum absolute atomic E-state index is 0.181. The quantitative estimate of drug-likeness (QED) is 0.851. The summed E-state index contributed by atoms with van der Waals surface area (Å²) in [5.41, 5.74) is 1.10. The minimum Gasteiger partial charge on any atom is -0.496 e. The average Bonchev–Trinajstić information content (AvgIpc) is 2.81. The number of nitrogens with zero attached hydrogens (tertiary/aromatic N) is 2. The van der Waals surface area contributed by atoms with Crippen molar-refractivity contribution in [2.45, 2.75) is 10.9 Å². The first-order valence-electron chi connectivity index (χ1n) is 5.62. The van der Waals surface area contributed by atoms with E-state index in [1.54, 1.807) is 30.1 Å². The molecule has 1 N–H and O–H groups in total. The molecule has 0 unspecified atom stereocenters. The molecule has 2 aromatic rings. The van der Waals surface area contributed by atoms with Crippen LogP contribution in [0.2, 0.25) is 0 Å². The maximum Gasteiger partial charge on any atom is 0.339 e. The van der Waals surface area contributed by atoms with E-state index >= 15 is 0 Å². The van der Waals surface area contributed by atoms with Gasteiger partial charge in [-0.15, -0.1) is 0 Å². The van der Waals surface area contributed by atoms with Crippen LogP contribution in [0.3, 0.4) is 0 Å². The Balaban J connectivity index is 2.15. The highest BCUT2D eigenvalue weighted by molar-refractivity contribution is 7.98. The van der Waals surface area contributed by atoms with Gasteiger partial charge in [0.05, 0.1) is 7.11 Å². The first-order chi connectivity index (χ1) is 9.11. The number of rotatable bonds is 5. The number of ether oxygens (including phenoxy) is 1. The molecular formula is C13H14N2O3S. The smallest absolute Gasteiger partial charge is 0.339 e. The fraction of sp³-hybridized carbons (Fsp3) is 0.231. The maximum absolute atomic E-state index is 11.1. The van der Waals surface area contributed by atoms with Gasteiger partial charge >= 0.3 is 5.97 Å². The summed E-state index contributed by atoms with van der Waals surface area (Å²) in [6.45, 7) is 0. The molecule has 0 spiro atoms. The second-order valence-corrected chi connectivity index (χ2v) is 4.89. The zero-order chi connectivity index (χ0) is 13.8. The van der Waals surface area contributed by atoms with Crippen LogP contribution in [0.4, 0.5) is 0 Å². The van der Waals surface area contributed by atoms with Crippen LogP contribution >= 0.6 is 11.8 Å². The molecule has 0 saturated carbocycles. The number of hydrogen-bond donors (Lipinski definition) is 1. The van der Waals surface area contributed by atoms with E-state index in [1.165, 1.54) is 7.11 Å². The molecule has 0 bridgehead atoms. The predicted molar refractivity (Wildman–Crippen MR) is 72.7 cm³/mol. The van der Waals surface area contributed by atoms with Crippen LogP contribution in [0.25, 0.3) is 0 Å². The van der Waals surface area contributed by atoms with Gasteiger partial charge in [0.2, 0.25) is 0 Å². The highest BCUT2D eigenvalue weighted by Crippen LogP contribution is 2.25. The zero-order valence-corrected chi connectivity index (χ0v) is 11.5. The van der Waals surface area contributed by atoms with Gasteiger partial charge in [-0.3, -0.25) is 0 Å². The largest absolute Gasteiger partial charge is 0.496 e. The van der Waals surface area contributed by atoms with Gasteiger partial charge in [0.15, 0.2) is 5.16 Å². The summed E-state index contributed by atoms with van der Waals surface area (Å²) in [6.07, 6.45) is 3.61. The number of carbonyl (C=O) groups is 1. The lowest BCUT2D eigenvalue weighted by Gasteiger charge is -2.07. The van der Waals surface area contributed by atoms with E-state index in [4.69, 9.17) is 9.84 Å². The van der Waals surface area contributed by atoms with E-state index in [0.717, 1.165) is 10.7 Å². The average molecular weight is 278 g/mol. The number of hydrogen-bond acceptors (Lipinski definition) is 4. The normalized spacial score (nSPS) is 10.4. The van der Waals surface area contributed by atoms with Crippen molar-refractivity contribution in [3.63, 3.8) is 0 Å². The molecule has 1 aromatic carbocycles. The molecule has 19 heavy (non-hydrogen) atoms. The van der Waals surface area contributed by atoms with Gasteiger partial charge in [-0.05, 0) is 17.7 Å². The van der Waals surface area contributed by atoms with Crippen LogP contribution < -0.4 is 4.74 Å². The van der Waals surface area contributed by atoms with Crippen LogP contribution in [0.1, 0.15) is 15.9 Å². The van der Waals surface area contributed by atoms with Gasteiger partial charge in [-0.1, -0.05) is 17.8 Å². The van der Waals surface area contributed by atoms with Gasteiger partial charge in [-0.25, -0.2) is 9.78 Å². The standard InChI is InChI=1S/C13H14N2O3S/c1-15-6-5-14-13(15)19-8-9-3-4-11(18-2)10(7-9)12(16)17/h3-7H,8H2,1-2H3,(H,16,17). The first-order valence-corrected chi connectivity index (χ1v) is 6.60. The third-order valence-corrected chi connectivity index (χ3v) is 3.77. The molecule has 0 aliphatic rings. The molecule has 0 fully saturated rings. The summed E-state index contributed by atoms with van der Waals surface area (Å²) in [5.74, 6) is 0.0497. The molecular weight excluding hydrogens is 264 g/mol. The molecule has 1 heterocycles. The molecule has 100 valence electrons. The zero-order valence-electron chi connectivity index (χ0n) is 10.7. The molecule has 0 atom stereocenters. The second-order valence-electron chi connectivity index (χ2n) is 3.95. The van der Waals surface area contributed by atoms with Crippen molar-refractivity contribution in [1.82, 2.24) is 9.55 Å². The Morgan fingerprint density at radius 2 is 2.32 bits per heavy atom. The molecule has 2 rings (SSSR count). The lowest BCUT2D eigenvalue weighted by atomic mass is 10.1. The molecule has 0 aliphatic heterocycles. The van der Waals surface area contributed by atoms with E-state index in [0.29, 0.717) is 11.5 Å². The third kappa shape index (κ3) is 3.08. The van der Waals surface area contributed by atoms with Crippen LogP contribution in [0, 0.1) is 0 Å². The van der Waals surface area contributed by atoms with Gasteiger partial charge < -0.3 is 14.4 Å². The SMILES string of the molecule is COc1ccc(CSc2nccn2C)cc1C(=O)O. The summed E-state index contributed by atoms with van der Waals surface area (Å²) in [4.78, 5) is 15.3. The number of benzene rings is 1. The lowest BCUT2D eigenvalue weighted by molar-refractivity contribution is 0.0693. The summed E-state index contributed by atoms with van der Waals surface area (Å²) in [5, 5.41) is 10.0. The van der Waals surface area contributed by atoms with Gasteiger partial charge in [0, 0.05) is 25.2 Å². The molecule has 5 nitrogen and oxygen atoms in total. The number of methoxy groups -OCH3 is 1. The van der Waals surface area contributed by atoms with Crippen molar-refractivity contribution in [3.8, 4) is 5.75 Å². The topological polar surface area (TPSA) is 64.4 Å². The highest BCUT2D eigenvalue weighted by atomic mass is 32.2. The van der Waals surface area contributed by atoms with Crippen LogP contribution in [0.5, 0.6) is 5.75 Å². The Hall–Kier alpha value is -1.95. The monoisotopic (exact) mass is 278 g/mol. The lowest BCUT2D eigenvalue weighted by Crippen LogP contribution is -2.01. The fourth-order valence-corrected chi connectivity index (χ4v) is 2.53.